The van der Waals surface area contributed by atoms with Crippen LogP contribution in [0.5, 0.6) is 0 Å². The van der Waals surface area contributed by atoms with Crippen molar-refractivity contribution >= 4 is 20.3 Å². The maximum atomic E-state index is 12.6. The second-order valence-electron chi connectivity index (χ2n) is 9.18. The summed E-state index contributed by atoms with van der Waals surface area (Å²) in [5.74, 6) is -0.547. The van der Waals surface area contributed by atoms with Gasteiger partial charge in [-0.15, -0.1) is 0 Å². The van der Waals surface area contributed by atoms with E-state index in [-0.39, 0.29) is 37.5 Å². The van der Waals surface area contributed by atoms with Crippen LogP contribution in [0.15, 0.2) is 47.4 Å². The highest BCUT2D eigenvalue weighted by molar-refractivity contribution is 7.44. The minimum Gasteiger partial charge on any atom is -0.459 e. The van der Waals surface area contributed by atoms with Crippen molar-refractivity contribution in [2.24, 2.45) is 0 Å². The number of anilines is 1. The summed E-state index contributed by atoms with van der Waals surface area (Å²) in [6.45, 7) is 7.80. The van der Waals surface area contributed by atoms with Crippen molar-refractivity contribution in [3.63, 3.8) is 0 Å². The van der Waals surface area contributed by atoms with Crippen molar-refractivity contribution in [1.82, 2.24) is 14.2 Å². The van der Waals surface area contributed by atoms with E-state index >= 15 is 0 Å². The Hall–Kier alpha value is -2.91. The zero-order valence-corrected chi connectivity index (χ0v) is 22.7. The van der Waals surface area contributed by atoms with Crippen LogP contribution in [0.2, 0.25) is 0 Å². The number of ether oxygens (including phenoxy) is 2. The highest BCUT2D eigenvalue weighted by Gasteiger charge is 2.49. The molecule has 2 heterocycles. The molecular weight excluding hydrogens is 513 g/mol. The molecule has 0 spiro atoms. The second kappa shape index (κ2) is 13.8. The van der Waals surface area contributed by atoms with Crippen molar-refractivity contribution in [3.05, 3.63) is 58.6 Å². The molecule has 206 valence electrons. The standard InChI is InChI=1S/C25H34N5O7P/c1-16(2)30(17(3)4)38(35-14-8-12-26)37-22-19(15-34-24(32)18-9-6-5-7-10-18)36-23(21(22)31)29-13-11-20(27)28-25(29)33/h5-7,9-11,13,16-17,19,21-23,31H,8,14-15H2,1-4H3,(H2,27,28,33)/t19-,21-,22-,23-,38?/m1/s1. The summed E-state index contributed by atoms with van der Waals surface area (Å²) in [5, 5.41) is 20.3. The monoisotopic (exact) mass is 547 g/mol. The van der Waals surface area contributed by atoms with Gasteiger partial charge in [0.1, 0.15) is 30.7 Å². The molecule has 1 aromatic heterocycles. The normalized spacial score (nSPS) is 22.1. The summed E-state index contributed by atoms with van der Waals surface area (Å²) in [5.41, 5.74) is 5.25. The third kappa shape index (κ3) is 7.35. The topological polar surface area (TPSA) is 162 Å². The quantitative estimate of drug-likeness (QED) is 0.228. The summed E-state index contributed by atoms with van der Waals surface area (Å²) in [7, 11) is -1.77. The summed E-state index contributed by atoms with van der Waals surface area (Å²) < 4.78 is 26.9. The summed E-state index contributed by atoms with van der Waals surface area (Å²) in [6.07, 6.45) is -2.98. The van der Waals surface area contributed by atoms with Crippen molar-refractivity contribution in [3.8, 4) is 6.07 Å². The van der Waals surface area contributed by atoms with E-state index in [9.17, 15) is 14.7 Å². The second-order valence-corrected chi connectivity index (χ2v) is 10.6. The van der Waals surface area contributed by atoms with Gasteiger partial charge in [0.2, 0.25) is 0 Å². The molecule has 0 radical (unpaired) electrons. The van der Waals surface area contributed by atoms with Crippen LogP contribution >= 0.6 is 8.53 Å². The van der Waals surface area contributed by atoms with Gasteiger partial charge < -0.3 is 29.4 Å². The van der Waals surface area contributed by atoms with E-state index in [1.807, 2.05) is 38.4 Å². The van der Waals surface area contributed by atoms with E-state index in [0.717, 1.165) is 4.57 Å². The molecule has 38 heavy (non-hydrogen) atoms. The predicted octanol–water partition coefficient (Wildman–Crippen LogP) is 2.60. The number of hydrogen-bond acceptors (Lipinski definition) is 11. The fraction of sp³-hybridized carbons (Fsp3) is 0.520. The molecule has 12 nitrogen and oxygen atoms in total. The number of benzene rings is 1. The number of nitrogen functional groups attached to an aromatic ring is 1. The first-order valence-corrected chi connectivity index (χ1v) is 13.4. The van der Waals surface area contributed by atoms with E-state index in [0.29, 0.717) is 5.56 Å². The fourth-order valence-electron chi connectivity index (χ4n) is 4.05. The third-order valence-corrected chi connectivity index (χ3v) is 7.83. The Morgan fingerprint density at radius 1 is 1.26 bits per heavy atom. The molecule has 3 N–H and O–H groups in total. The molecular formula is C25H34N5O7P. The van der Waals surface area contributed by atoms with E-state index in [2.05, 4.69) is 4.98 Å². The van der Waals surface area contributed by atoms with Crippen LogP contribution in [0.3, 0.4) is 0 Å². The van der Waals surface area contributed by atoms with E-state index in [1.54, 1.807) is 30.3 Å². The summed E-state index contributed by atoms with van der Waals surface area (Å²) in [6, 6.07) is 11.9. The number of aromatic nitrogens is 2. The molecule has 0 aliphatic carbocycles. The largest absolute Gasteiger partial charge is 0.459 e. The molecule has 1 aromatic carbocycles. The molecule has 1 aliphatic rings. The fourth-order valence-corrected chi connectivity index (χ4v) is 5.82. The Kier molecular flexibility index (Phi) is 10.7. The van der Waals surface area contributed by atoms with Gasteiger partial charge in [-0.3, -0.25) is 4.57 Å². The van der Waals surface area contributed by atoms with Crippen LogP contribution in [0, 0.1) is 11.3 Å². The third-order valence-electron chi connectivity index (χ3n) is 5.70. The van der Waals surface area contributed by atoms with Gasteiger partial charge in [0.25, 0.3) is 8.53 Å². The Morgan fingerprint density at radius 2 is 1.95 bits per heavy atom. The lowest BCUT2D eigenvalue weighted by Crippen LogP contribution is -2.41. The van der Waals surface area contributed by atoms with Crippen molar-refractivity contribution in [2.45, 2.75) is 70.7 Å². The lowest BCUT2D eigenvalue weighted by Gasteiger charge is -2.37. The minimum absolute atomic E-state index is 0.0109. The summed E-state index contributed by atoms with van der Waals surface area (Å²) >= 11 is 0. The molecule has 13 heteroatoms. The molecule has 1 aliphatic heterocycles. The van der Waals surface area contributed by atoms with E-state index in [4.69, 9.17) is 29.5 Å². The Morgan fingerprint density at radius 3 is 2.55 bits per heavy atom. The first kappa shape index (κ1) is 29.6. The van der Waals surface area contributed by atoms with Crippen LogP contribution in [-0.4, -0.2) is 68.9 Å². The average molecular weight is 548 g/mol. The molecule has 5 atom stereocenters. The number of carbonyl (C=O) groups is 1. The number of rotatable bonds is 12. The van der Waals surface area contributed by atoms with Crippen LogP contribution in [0.1, 0.15) is 50.7 Å². The van der Waals surface area contributed by atoms with Gasteiger partial charge in [0, 0.05) is 18.3 Å². The molecule has 1 saturated heterocycles. The van der Waals surface area contributed by atoms with Gasteiger partial charge in [0.15, 0.2) is 6.23 Å². The van der Waals surface area contributed by atoms with Gasteiger partial charge in [-0.2, -0.15) is 10.2 Å². The number of nitrogens with zero attached hydrogens (tertiary/aromatic N) is 4. The van der Waals surface area contributed by atoms with Crippen LogP contribution in [-0.2, 0) is 18.5 Å². The smallest absolute Gasteiger partial charge is 0.351 e. The van der Waals surface area contributed by atoms with Gasteiger partial charge in [-0.1, -0.05) is 18.2 Å². The maximum Gasteiger partial charge on any atom is 0.351 e. The Balaban J connectivity index is 1.89. The van der Waals surface area contributed by atoms with Crippen LogP contribution in [0.4, 0.5) is 5.82 Å². The zero-order valence-electron chi connectivity index (χ0n) is 21.8. The molecule has 0 amide bonds. The number of aliphatic hydroxyl groups excluding tert-OH is 1. The lowest BCUT2D eigenvalue weighted by atomic mass is 10.1. The first-order chi connectivity index (χ1) is 18.1. The van der Waals surface area contributed by atoms with Gasteiger partial charge in [-0.25, -0.2) is 14.3 Å². The molecule has 1 fully saturated rings. The van der Waals surface area contributed by atoms with Crippen molar-refractivity contribution in [1.29, 1.82) is 5.26 Å². The predicted molar refractivity (Wildman–Crippen MR) is 140 cm³/mol. The number of nitrogens with two attached hydrogens (primary N) is 1. The molecule has 1 unspecified atom stereocenters. The highest BCUT2D eigenvalue weighted by atomic mass is 31.2. The molecule has 3 rings (SSSR count). The van der Waals surface area contributed by atoms with Gasteiger partial charge >= 0.3 is 11.7 Å². The van der Waals surface area contributed by atoms with Crippen LogP contribution < -0.4 is 11.4 Å². The maximum absolute atomic E-state index is 12.6. The molecule has 0 saturated carbocycles. The number of hydrogen-bond donors (Lipinski definition) is 2. The molecule has 2 aromatic rings. The number of esters is 1. The van der Waals surface area contributed by atoms with E-state index < -0.39 is 44.7 Å². The minimum atomic E-state index is -1.77. The first-order valence-electron chi connectivity index (χ1n) is 12.3. The van der Waals surface area contributed by atoms with E-state index in [1.165, 1.54) is 12.3 Å². The van der Waals surface area contributed by atoms with Crippen LogP contribution in [0.25, 0.3) is 0 Å². The highest BCUT2D eigenvalue weighted by Crippen LogP contribution is 2.50. The SMILES string of the molecule is CC(C)N(C(C)C)P(OCCC#N)O[C@H]1[C@@H](O)[C@H](n2ccc(N)nc2=O)O[C@@H]1COC(=O)c1ccccc1. The average Bonchev–Trinajstić information content (AvgIpc) is 3.17. The number of carbonyl (C=O) groups excluding carboxylic acids is 1. The number of aliphatic hydroxyl groups is 1. The van der Waals surface area contributed by atoms with Crippen molar-refractivity contribution in [2.75, 3.05) is 18.9 Å². The van der Waals surface area contributed by atoms with Gasteiger partial charge in [0.05, 0.1) is 24.7 Å². The lowest BCUT2D eigenvalue weighted by molar-refractivity contribution is -0.0593. The van der Waals surface area contributed by atoms with Gasteiger partial charge in [-0.05, 0) is 45.9 Å². The number of nitriles is 1. The Labute approximate surface area is 222 Å². The zero-order chi connectivity index (χ0) is 27.8. The Bertz CT molecular complexity index is 1150. The molecule has 0 bridgehead atoms. The summed E-state index contributed by atoms with van der Waals surface area (Å²) in [4.78, 5) is 28.8. The van der Waals surface area contributed by atoms with Crippen molar-refractivity contribution < 1.29 is 28.4 Å².